The SMILES string of the molecule is Cc1cc(C(=O)[P+](O)(O)CCCN)cc(C)c1OCC(=O)O. The Kier molecular flexibility index (Phi) is 6.44. The summed E-state index contributed by atoms with van der Waals surface area (Å²) in [6.45, 7) is 3.12. The maximum atomic E-state index is 12.2. The van der Waals surface area contributed by atoms with Gasteiger partial charge in [0.05, 0.1) is 5.56 Å². The molecular formula is C14H21NO6P+. The topological polar surface area (TPSA) is 130 Å². The lowest BCUT2D eigenvalue weighted by molar-refractivity contribution is -0.139. The number of nitrogens with two attached hydrogens (primary N) is 1. The van der Waals surface area contributed by atoms with Crippen LogP contribution in [0.1, 0.15) is 27.9 Å². The Morgan fingerprint density at radius 3 is 2.23 bits per heavy atom. The Hall–Kier alpha value is -1.53. The van der Waals surface area contributed by atoms with Gasteiger partial charge in [-0.25, -0.2) is 19.4 Å². The number of hydrogen-bond donors (Lipinski definition) is 4. The Morgan fingerprint density at radius 1 is 1.23 bits per heavy atom. The van der Waals surface area contributed by atoms with E-state index in [0.29, 0.717) is 23.3 Å². The highest BCUT2D eigenvalue weighted by atomic mass is 31.2. The van der Waals surface area contributed by atoms with Gasteiger partial charge in [-0.3, -0.25) is 0 Å². The van der Waals surface area contributed by atoms with Crippen molar-refractivity contribution < 1.29 is 29.2 Å². The molecule has 5 N–H and O–H groups in total. The minimum absolute atomic E-state index is 0.0440. The molecule has 22 heavy (non-hydrogen) atoms. The van der Waals surface area contributed by atoms with Gasteiger partial charge in [0.25, 0.3) is 0 Å². The average Bonchev–Trinajstić information content (AvgIpc) is 2.42. The molecular weight excluding hydrogens is 309 g/mol. The molecule has 1 rings (SSSR count). The second kappa shape index (κ2) is 7.65. The second-order valence-corrected chi connectivity index (χ2v) is 7.34. The fourth-order valence-corrected chi connectivity index (χ4v) is 3.42. The van der Waals surface area contributed by atoms with Gasteiger partial charge >= 0.3 is 19.2 Å². The van der Waals surface area contributed by atoms with E-state index >= 15 is 0 Å². The molecule has 0 bridgehead atoms. The van der Waals surface area contributed by atoms with E-state index in [2.05, 4.69) is 0 Å². The van der Waals surface area contributed by atoms with Crippen LogP contribution in [0.5, 0.6) is 5.75 Å². The van der Waals surface area contributed by atoms with Crippen LogP contribution in [0.15, 0.2) is 12.1 Å². The summed E-state index contributed by atoms with van der Waals surface area (Å²) in [5.41, 5.74) is 5.90. The Morgan fingerprint density at radius 2 is 1.77 bits per heavy atom. The molecule has 0 saturated carbocycles. The molecule has 122 valence electrons. The summed E-state index contributed by atoms with van der Waals surface area (Å²) in [4.78, 5) is 42.7. The molecule has 0 unspecified atom stereocenters. The van der Waals surface area contributed by atoms with Crippen LogP contribution in [0.3, 0.4) is 0 Å². The molecule has 0 spiro atoms. The summed E-state index contributed by atoms with van der Waals surface area (Å²) in [6, 6.07) is 2.94. The van der Waals surface area contributed by atoms with Crippen molar-refractivity contribution in [2.75, 3.05) is 19.3 Å². The van der Waals surface area contributed by atoms with E-state index in [0.717, 1.165) is 0 Å². The van der Waals surface area contributed by atoms with Crippen LogP contribution in [-0.4, -0.2) is 45.7 Å². The normalized spacial score (nSPS) is 11.3. The smallest absolute Gasteiger partial charge is 0.356 e. The van der Waals surface area contributed by atoms with Crippen molar-refractivity contribution in [3.63, 3.8) is 0 Å². The van der Waals surface area contributed by atoms with Crippen molar-refractivity contribution in [1.29, 1.82) is 0 Å². The molecule has 0 aliphatic rings. The predicted octanol–water partition coefficient (Wildman–Crippen LogP) is 1.09. The first-order valence-electron chi connectivity index (χ1n) is 6.73. The molecule has 0 atom stereocenters. The Labute approximate surface area is 129 Å². The van der Waals surface area contributed by atoms with E-state index in [1.54, 1.807) is 13.8 Å². The van der Waals surface area contributed by atoms with Crippen LogP contribution in [-0.2, 0) is 4.79 Å². The summed E-state index contributed by atoms with van der Waals surface area (Å²) in [6.07, 6.45) is 0.308. The Bertz CT molecular complexity index is 549. The van der Waals surface area contributed by atoms with E-state index in [9.17, 15) is 19.4 Å². The van der Waals surface area contributed by atoms with Gasteiger partial charge in [-0.05, 0) is 50.1 Å². The number of carboxylic acid groups (broad SMARTS) is 1. The van der Waals surface area contributed by atoms with Crippen molar-refractivity contribution >= 4 is 19.2 Å². The van der Waals surface area contributed by atoms with Gasteiger partial charge in [0.15, 0.2) is 6.61 Å². The number of aliphatic carboxylic acids is 1. The zero-order chi connectivity index (χ0) is 16.9. The minimum Gasteiger partial charge on any atom is -0.481 e. The molecule has 0 aliphatic heterocycles. The Balaban J connectivity index is 3.03. The standard InChI is InChI=1S/C14H20NO6P/c1-9-6-11(14(18)22(19,20)5-3-4-15)7-10(2)13(9)21-8-12(16)17/h6-7,19-20H,3-5,8,15H2,1-2H3/p+1. The molecule has 1 aromatic carbocycles. The molecule has 0 heterocycles. The molecule has 0 amide bonds. The lowest BCUT2D eigenvalue weighted by Gasteiger charge is -2.14. The van der Waals surface area contributed by atoms with E-state index in [1.807, 2.05) is 0 Å². The van der Waals surface area contributed by atoms with Gasteiger partial charge in [0, 0.05) is 0 Å². The third-order valence-corrected chi connectivity index (χ3v) is 4.90. The molecule has 0 saturated heterocycles. The summed E-state index contributed by atoms with van der Waals surface area (Å²) < 4.78 is 5.17. The van der Waals surface area contributed by atoms with E-state index in [-0.39, 0.29) is 18.3 Å². The highest BCUT2D eigenvalue weighted by Crippen LogP contribution is 2.53. The molecule has 0 fully saturated rings. The summed E-state index contributed by atoms with van der Waals surface area (Å²) in [5, 5.41) is 8.64. The highest BCUT2D eigenvalue weighted by Gasteiger charge is 2.44. The monoisotopic (exact) mass is 330 g/mol. The van der Waals surface area contributed by atoms with Crippen molar-refractivity contribution in [3.8, 4) is 5.75 Å². The van der Waals surface area contributed by atoms with Gasteiger partial charge in [-0.1, -0.05) is 0 Å². The highest BCUT2D eigenvalue weighted by molar-refractivity contribution is 7.81. The first-order chi connectivity index (χ1) is 10.2. The third kappa shape index (κ3) is 4.74. The van der Waals surface area contributed by atoms with Crippen LogP contribution in [0.25, 0.3) is 0 Å². The van der Waals surface area contributed by atoms with Crippen molar-refractivity contribution in [1.82, 2.24) is 0 Å². The van der Waals surface area contributed by atoms with Gasteiger partial charge in [0.2, 0.25) is 0 Å². The number of carboxylic acids is 1. The van der Waals surface area contributed by atoms with Crippen LogP contribution < -0.4 is 10.5 Å². The number of carbonyl (C=O) groups is 2. The lowest BCUT2D eigenvalue weighted by Crippen LogP contribution is -2.14. The number of hydrogen-bond acceptors (Lipinski definition) is 6. The maximum Gasteiger partial charge on any atom is 0.356 e. The number of carbonyl (C=O) groups excluding carboxylic acids is 1. The van der Waals surface area contributed by atoms with Crippen molar-refractivity contribution in [3.05, 3.63) is 28.8 Å². The molecule has 8 heteroatoms. The van der Waals surface area contributed by atoms with Crippen LogP contribution >= 0.6 is 7.72 Å². The number of rotatable bonds is 8. The molecule has 0 aromatic heterocycles. The summed E-state index contributed by atoms with van der Waals surface area (Å²) in [5.74, 6) is -0.725. The molecule has 0 aliphatic carbocycles. The number of ether oxygens (including phenoxy) is 1. The van der Waals surface area contributed by atoms with Crippen molar-refractivity contribution in [2.24, 2.45) is 5.73 Å². The number of benzene rings is 1. The lowest BCUT2D eigenvalue weighted by atomic mass is 10.1. The second-order valence-electron chi connectivity index (χ2n) is 5.02. The third-order valence-electron chi connectivity index (χ3n) is 3.05. The van der Waals surface area contributed by atoms with Gasteiger partial charge in [0.1, 0.15) is 11.9 Å². The van der Waals surface area contributed by atoms with Gasteiger partial charge in [-0.2, -0.15) is 0 Å². The number of aryl methyl sites for hydroxylation is 2. The predicted molar refractivity (Wildman–Crippen MR) is 83.3 cm³/mol. The summed E-state index contributed by atoms with van der Waals surface area (Å²) >= 11 is 0. The maximum absolute atomic E-state index is 12.2. The quantitative estimate of drug-likeness (QED) is 0.525. The first-order valence-corrected chi connectivity index (χ1v) is 8.61. The average molecular weight is 330 g/mol. The van der Waals surface area contributed by atoms with Crippen LogP contribution in [0, 0.1) is 13.8 Å². The fraction of sp³-hybridized carbons (Fsp3) is 0.429. The first kappa shape index (κ1) is 18.5. The molecule has 0 radical (unpaired) electrons. The largest absolute Gasteiger partial charge is 0.481 e. The van der Waals surface area contributed by atoms with E-state index in [1.165, 1.54) is 12.1 Å². The van der Waals surface area contributed by atoms with Crippen LogP contribution in [0.2, 0.25) is 0 Å². The minimum atomic E-state index is -3.71. The molecule has 1 aromatic rings. The zero-order valence-corrected chi connectivity index (χ0v) is 13.5. The van der Waals surface area contributed by atoms with Gasteiger partial charge in [-0.15, -0.1) is 0 Å². The van der Waals surface area contributed by atoms with E-state index in [4.69, 9.17) is 15.6 Å². The summed E-state index contributed by atoms with van der Waals surface area (Å²) in [7, 11) is -3.71. The molecule has 7 nitrogen and oxygen atoms in total. The van der Waals surface area contributed by atoms with Gasteiger partial charge < -0.3 is 15.6 Å². The van der Waals surface area contributed by atoms with E-state index < -0.39 is 25.8 Å². The van der Waals surface area contributed by atoms with Crippen molar-refractivity contribution in [2.45, 2.75) is 20.3 Å². The van der Waals surface area contributed by atoms with Crippen LogP contribution in [0.4, 0.5) is 0 Å². The fourth-order valence-electron chi connectivity index (χ4n) is 2.06. The zero-order valence-electron chi connectivity index (χ0n) is 12.6.